The van der Waals surface area contributed by atoms with Crippen LogP contribution in [0.2, 0.25) is 5.02 Å². The van der Waals surface area contributed by atoms with Gasteiger partial charge in [-0.05, 0) is 50.4 Å². The number of rotatable bonds is 5. The van der Waals surface area contributed by atoms with Crippen molar-refractivity contribution in [2.45, 2.75) is 44.7 Å². The Hall–Kier alpha value is -2.04. The van der Waals surface area contributed by atoms with Gasteiger partial charge >= 0.3 is 0 Å². The first-order chi connectivity index (χ1) is 13.4. The van der Waals surface area contributed by atoms with Crippen LogP contribution in [0.15, 0.2) is 48.5 Å². The molecule has 3 atom stereocenters. The van der Waals surface area contributed by atoms with Crippen molar-refractivity contribution < 1.29 is 4.79 Å². The van der Waals surface area contributed by atoms with E-state index in [0.717, 1.165) is 24.9 Å². The molecule has 0 radical (unpaired) electrons. The number of carbonyl (C=O) groups is 1. The van der Waals surface area contributed by atoms with Crippen LogP contribution in [-0.2, 0) is 0 Å². The molecule has 2 aromatic rings. The van der Waals surface area contributed by atoms with E-state index in [1.165, 1.54) is 6.42 Å². The summed E-state index contributed by atoms with van der Waals surface area (Å²) in [6.45, 7) is 5.52. The average molecular weight is 400 g/mol. The minimum Gasteiger partial charge on any atom is -0.398 e. The van der Waals surface area contributed by atoms with Crippen molar-refractivity contribution in [2.24, 2.45) is 5.92 Å². The van der Waals surface area contributed by atoms with E-state index in [9.17, 15) is 4.79 Å². The number of piperidine rings is 1. The molecule has 1 amide bonds. The molecule has 3 rings (SSSR count). The van der Waals surface area contributed by atoms with Crippen LogP contribution < -0.4 is 11.1 Å². The lowest BCUT2D eigenvalue weighted by molar-refractivity contribution is 0.0229. The van der Waals surface area contributed by atoms with Crippen molar-refractivity contribution in [1.82, 2.24) is 10.2 Å². The lowest BCUT2D eigenvalue weighted by Gasteiger charge is -2.50. The smallest absolute Gasteiger partial charge is 0.255 e. The van der Waals surface area contributed by atoms with Crippen LogP contribution in [0, 0.1) is 5.92 Å². The van der Waals surface area contributed by atoms with Gasteiger partial charge in [-0.1, -0.05) is 61.3 Å². The third-order valence-corrected chi connectivity index (χ3v) is 6.66. The predicted octanol–water partition coefficient (Wildman–Crippen LogP) is 4.90. The summed E-state index contributed by atoms with van der Waals surface area (Å²) in [5.41, 5.74) is 7.69. The molecule has 2 unspecified atom stereocenters. The number of nitrogens with two attached hydrogens (primary N) is 1. The number of carbonyl (C=O) groups excluding carboxylic acids is 1. The molecule has 0 aromatic heterocycles. The highest BCUT2D eigenvalue weighted by atomic mass is 35.5. The van der Waals surface area contributed by atoms with Crippen molar-refractivity contribution in [1.29, 1.82) is 0 Å². The van der Waals surface area contributed by atoms with E-state index >= 15 is 0 Å². The van der Waals surface area contributed by atoms with Crippen LogP contribution in [-0.4, -0.2) is 29.9 Å². The molecule has 5 heteroatoms. The van der Waals surface area contributed by atoms with Gasteiger partial charge in [0.25, 0.3) is 5.91 Å². The number of amides is 1. The third-order valence-electron chi connectivity index (χ3n) is 6.34. The maximum atomic E-state index is 13.2. The summed E-state index contributed by atoms with van der Waals surface area (Å²) >= 11 is 6.29. The molecule has 0 bridgehead atoms. The van der Waals surface area contributed by atoms with Crippen LogP contribution in [0.25, 0.3) is 0 Å². The summed E-state index contributed by atoms with van der Waals surface area (Å²) in [6.07, 6.45) is 3.35. The number of nitrogens with one attached hydrogen (secondary N) is 1. The SMILES string of the molecule is CCC1CCC(C)([C@@H](NC(=O)c2c(N)cccc2Cl)c2ccccc2)N(C)C1. The van der Waals surface area contributed by atoms with E-state index in [-0.39, 0.29) is 17.5 Å². The van der Waals surface area contributed by atoms with Crippen LogP contribution in [0.3, 0.4) is 0 Å². The Morgan fingerprint density at radius 1 is 1.29 bits per heavy atom. The standard InChI is InChI=1S/C23H30ClN3O/c1-4-16-13-14-23(2,27(3)15-16)21(17-9-6-5-7-10-17)26-22(28)20-18(24)11-8-12-19(20)25/h5-12,16,21H,4,13-15,25H2,1-3H3,(H,26,28)/t16?,21-,23?/m0/s1. The van der Waals surface area contributed by atoms with Gasteiger partial charge in [-0.25, -0.2) is 0 Å². The quantitative estimate of drug-likeness (QED) is 0.702. The maximum absolute atomic E-state index is 13.2. The number of hydrogen-bond acceptors (Lipinski definition) is 3. The summed E-state index contributed by atoms with van der Waals surface area (Å²) in [6, 6.07) is 15.2. The second-order valence-corrected chi connectivity index (χ2v) is 8.48. The van der Waals surface area contributed by atoms with E-state index in [0.29, 0.717) is 22.2 Å². The molecule has 0 saturated carbocycles. The van der Waals surface area contributed by atoms with Gasteiger partial charge in [0.15, 0.2) is 0 Å². The molecule has 3 N–H and O–H groups in total. The minimum absolute atomic E-state index is 0.167. The third kappa shape index (κ3) is 4.03. The molecule has 1 aliphatic rings. The Morgan fingerprint density at radius 3 is 2.61 bits per heavy atom. The Bertz CT molecular complexity index is 806. The van der Waals surface area contributed by atoms with Gasteiger partial charge in [-0.2, -0.15) is 0 Å². The van der Waals surface area contributed by atoms with Gasteiger partial charge in [0.1, 0.15) is 0 Å². The number of nitrogen functional groups attached to an aromatic ring is 1. The minimum atomic E-state index is -0.232. The highest BCUT2D eigenvalue weighted by Gasteiger charge is 2.43. The number of anilines is 1. The van der Waals surface area contributed by atoms with Crippen molar-refractivity contribution in [3.8, 4) is 0 Å². The average Bonchev–Trinajstić information content (AvgIpc) is 2.69. The first kappa shape index (κ1) is 20.7. The van der Waals surface area contributed by atoms with Gasteiger partial charge < -0.3 is 11.1 Å². The zero-order chi connectivity index (χ0) is 20.3. The fraction of sp³-hybridized carbons (Fsp3) is 0.435. The van der Waals surface area contributed by atoms with Gasteiger partial charge in [-0.15, -0.1) is 0 Å². The van der Waals surface area contributed by atoms with Crippen molar-refractivity contribution >= 4 is 23.2 Å². The largest absolute Gasteiger partial charge is 0.398 e. The molecule has 28 heavy (non-hydrogen) atoms. The topological polar surface area (TPSA) is 58.4 Å². The molecule has 4 nitrogen and oxygen atoms in total. The predicted molar refractivity (Wildman–Crippen MR) is 117 cm³/mol. The number of benzene rings is 2. The van der Waals surface area contributed by atoms with Crippen LogP contribution in [0.1, 0.15) is 55.1 Å². The Kier molecular flexibility index (Phi) is 6.31. The van der Waals surface area contributed by atoms with Crippen molar-refractivity contribution in [3.05, 3.63) is 64.7 Å². The molecular weight excluding hydrogens is 370 g/mol. The van der Waals surface area contributed by atoms with Gasteiger partial charge in [-0.3, -0.25) is 9.69 Å². The Morgan fingerprint density at radius 2 is 2.00 bits per heavy atom. The molecular formula is C23H30ClN3O. The summed E-state index contributed by atoms with van der Waals surface area (Å²) < 4.78 is 0. The summed E-state index contributed by atoms with van der Waals surface area (Å²) in [4.78, 5) is 15.6. The lowest BCUT2D eigenvalue weighted by Crippen LogP contribution is -2.57. The maximum Gasteiger partial charge on any atom is 0.255 e. The zero-order valence-electron chi connectivity index (χ0n) is 16.9. The monoisotopic (exact) mass is 399 g/mol. The Balaban J connectivity index is 1.96. The number of halogens is 1. The molecule has 150 valence electrons. The van der Waals surface area contributed by atoms with Crippen LogP contribution in [0.4, 0.5) is 5.69 Å². The van der Waals surface area contributed by atoms with Crippen LogP contribution >= 0.6 is 11.6 Å². The second-order valence-electron chi connectivity index (χ2n) is 8.07. The van der Waals surface area contributed by atoms with E-state index in [1.807, 2.05) is 18.2 Å². The fourth-order valence-corrected chi connectivity index (χ4v) is 4.57. The molecule has 1 saturated heterocycles. The second kappa shape index (κ2) is 8.54. The molecule has 1 aliphatic heterocycles. The number of likely N-dealkylation sites (tertiary alicyclic amines) is 1. The highest BCUT2D eigenvalue weighted by Crippen LogP contribution is 2.40. The fourth-order valence-electron chi connectivity index (χ4n) is 4.30. The summed E-state index contributed by atoms with van der Waals surface area (Å²) in [5.74, 6) is 0.466. The van der Waals surface area contributed by atoms with Gasteiger partial charge in [0.2, 0.25) is 0 Å². The summed E-state index contributed by atoms with van der Waals surface area (Å²) in [7, 11) is 2.16. The van der Waals surface area contributed by atoms with E-state index in [2.05, 4.69) is 43.2 Å². The van der Waals surface area contributed by atoms with E-state index in [4.69, 9.17) is 17.3 Å². The number of hydrogen-bond donors (Lipinski definition) is 2. The molecule has 2 aromatic carbocycles. The highest BCUT2D eigenvalue weighted by molar-refractivity contribution is 6.34. The zero-order valence-corrected chi connectivity index (χ0v) is 17.7. The molecule has 0 aliphatic carbocycles. The van der Waals surface area contributed by atoms with E-state index < -0.39 is 0 Å². The molecule has 1 heterocycles. The number of likely N-dealkylation sites (N-methyl/N-ethyl adjacent to an activating group) is 1. The number of nitrogens with zero attached hydrogens (tertiary/aromatic N) is 1. The summed E-state index contributed by atoms with van der Waals surface area (Å²) in [5, 5.41) is 3.63. The normalized spacial score (nSPS) is 23.9. The van der Waals surface area contributed by atoms with Crippen molar-refractivity contribution in [3.63, 3.8) is 0 Å². The molecule has 1 fully saturated rings. The van der Waals surface area contributed by atoms with Gasteiger partial charge in [0, 0.05) is 17.8 Å². The first-order valence-electron chi connectivity index (χ1n) is 9.97. The van der Waals surface area contributed by atoms with E-state index in [1.54, 1.807) is 18.2 Å². The Labute approximate surface area is 173 Å². The van der Waals surface area contributed by atoms with Crippen molar-refractivity contribution in [2.75, 3.05) is 19.3 Å². The van der Waals surface area contributed by atoms with Crippen LogP contribution in [0.5, 0.6) is 0 Å². The lowest BCUT2D eigenvalue weighted by atomic mass is 9.75. The first-order valence-corrected chi connectivity index (χ1v) is 10.4. The molecule has 0 spiro atoms. The van der Waals surface area contributed by atoms with Gasteiger partial charge in [0.05, 0.1) is 16.6 Å².